The molecule has 1 aromatic rings. The first-order valence-electron chi connectivity index (χ1n) is 12.1. The minimum atomic E-state index is -1.04. The van der Waals surface area contributed by atoms with Crippen molar-refractivity contribution < 1.29 is 29.6 Å². The Balaban J connectivity index is 3.12. The molecule has 194 valence electrons. The number of hydrogen-bond acceptors (Lipinski definition) is 5. The van der Waals surface area contributed by atoms with Crippen LogP contribution < -0.4 is 5.32 Å². The summed E-state index contributed by atoms with van der Waals surface area (Å²) in [5, 5.41) is 33.5. The molecule has 0 fully saturated rings. The van der Waals surface area contributed by atoms with Crippen molar-refractivity contribution in [3.8, 4) is 5.75 Å². The van der Waals surface area contributed by atoms with E-state index in [2.05, 4.69) is 19.2 Å². The number of aliphatic hydroxyl groups excluding tert-OH is 1. The molecule has 7 nitrogen and oxygen atoms in total. The van der Waals surface area contributed by atoms with E-state index in [1.807, 2.05) is 32.9 Å². The number of carbonyl (C=O) groups excluding carboxylic acids is 1. The van der Waals surface area contributed by atoms with Crippen molar-refractivity contribution in [3.05, 3.63) is 29.3 Å². The summed E-state index contributed by atoms with van der Waals surface area (Å²) in [7, 11) is 0. The maximum absolute atomic E-state index is 12.5. The molecule has 0 bridgehead atoms. The third-order valence-electron chi connectivity index (χ3n) is 6.05. The number of alkyl carbamates (subject to hydrolysis) is 1. The van der Waals surface area contributed by atoms with Crippen LogP contribution >= 0.6 is 0 Å². The highest BCUT2D eigenvalue weighted by Gasteiger charge is 2.31. The van der Waals surface area contributed by atoms with Crippen LogP contribution in [0.4, 0.5) is 4.79 Å². The summed E-state index contributed by atoms with van der Waals surface area (Å²) in [4.78, 5) is 23.8. The van der Waals surface area contributed by atoms with E-state index in [1.54, 1.807) is 26.8 Å². The number of carbonyl (C=O) groups is 2. The summed E-state index contributed by atoms with van der Waals surface area (Å²) >= 11 is 0. The average Bonchev–Trinajstić information content (AvgIpc) is 2.63. The lowest BCUT2D eigenvalue weighted by molar-refractivity contribution is -0.142. The third-order valence-corrected chi connectivity index (χ3v) is 6.05. The maximum atomic E-state index is 12.5. The van der Waals surface area contributed by atoms with Crippen LogP contribution in [0.3, 0.4) is 0 Å². The Morgan fingerprint density at radius 2 is 1.62 bits per heavy atom. The number of carboxylic acid groups (broad SMARTS) is 1. The van der Waals surface area contributed by atoms with Crippen LogP contribution in [0, 0.1) is 17.8 Å². The number of benzene rings is 1. The summed E-state index contributed by atoms with van der Waals surface area (Å²) in [6.07, 6.45) is -0.595. The normalized spacial score (nSPS) is 16.0. The molecule has 4 atom stereocenters. The summed E-state index contributed by atoms with van der Waals surface area (Å²) < 4.78 is 5.38. The van der Waals surface area contributed by atoms with Gasteiger partial charge in [0.2, 0.25) is 0 Å². The summed E-state index contributed by atoms with van der Waals surface area (Å²) in [6, 6.07) is 5.07. The molecule has 1 rings (SSSR count). The fraction of sp³-hybridized carbons (Fsp3) is 0.704. The average molecular weight is 480 g/mol. The van der Waals surface area contributed by atoms with Crippen molar-refractivity contribution in [1.29, 1.82) is 0 Å². The smallest absolute Gasteiger partial charge is 0.407 e. The fourth-order valence-electron chi connectivity index (χ4n) is 3.96. The van der Waals surface area contributed by atoms with E-state index in [-0.39, 0.29) is 29.4 Å². The van der Waals surface area contributed by atoms with Gasteiger partial charge >= 0.3 is 12.1 Å². The summed E-state index contributed by atoms with van der Waals surface area (Å²) in [5.41, 5.74) is 0.971. The second-order valence-corrected chi connectivity index (χ2v) is 11.8. The van der Waals surface area contributed by atoms with Gasteiger partial charge in [0, 0.05) is 0 Å². The van der Waals surface area contributed by atoms with Crippen molar-refractivity contribution in [3.63, 3.8) is 0 Å². The molecule has 0 aromatic heterocycles. The molecule has 0 aliphatic heterocycles. The lowest BCUT2D eigenvalue weighted by Crippen LogP contribution is -2.47. The molecule has 4 N–H and O–H groups in total. The number of aliphatic hydroxyl groups is 1. The number of ether oxygens (including phenoxy) is 1. The lowest BCUT2D eigenvalue weighted by Gasteiger charge is -2.32. The molecule has 1 amide bonds. The molecule has 34 heavy (non-hydrogen) atoms. The second-order valence-electron chi connectivity index (χ2n) is 11.8. The highest BCUT2D eigenvalue weighted by atomic mass is 16.6. The van der Waals surface area contributed by atoms with Gasteiger partial charge in [0.25, 0.3) is 0 Å². The van der Waals surface area contributed by atoms with Crippen molar-refractivity contribution in [1.82, 2.24) is 5.32 Å². The van der Waals surface area contributed by atoms with Gasteiger partial charge in [0.15, 0.2) is 0 Å². The first kappa shape index (κ1) is 29.8. The Labute approximate surface area is 204 Å². The quantitative estimate of drug-likeness (QED) is 0.364. The minimum absolute atomic E-state index is 0.0156. The molecule has 0 aliphatic carbocycles. The number of amides is 1. The lowest BCUT2D eigenvalue weighted by atomic mass is 9.80. The Morgan fingerprint density at radius 1 is 1.03 bits per heavy atom. The molecule has 0 radical (unpaired) electrons. The fourth-order valence-corrected chi connectivity index (χ4v) is 3.96. The number of phenols is 1. The SMILES string of the molecule is CC(C[C@H](O)[C@H](C[C@H](Cc1ccc(C(C)(C)C)c(O)c1)C(C)C)NC(=O)OC(C)(C)C)C(=O)O. The number of carboxylic acids is 1. The molecule has 0 aliphatic rings. The van der Waals surface area contributed by atoms with Crippen molar-refractivity contribution in [2.75, 3.05) is 0 Å². The number of phenolic OH excluding ortho intramolecular Hbond substituents is 1. The van der Waals surface area contributed by atoms with Gasteiger partial charge in [-0.2, -0.15) is 0 Å². The summed E-state index contributed by atoms with van der Waals surface area (Å²) in [5.74, 6) is -1.21. The van der Waals surface area contributed by atoms with Crippen LogP contribution in [0.1, 0.15) is 86.3 Å². The third kappa shape index (κ3) is 9.92. The molecule has 1 aromatic carbocycles. The van der Waals surface area contributed by atoms with Gasteiger partial charge in [-0.25, -0.2) is 4.79 Å². The van der Waals surface area contributed by atoms with E-state index >= 15 is 0 Å². The first-order chi connectivity index (χ1) is 15.4. The van der Waals surface area contributed by atoms with Crippen LogP contribution in [0.2, 0.25) is 0 Å². The van der Waals surface area contributed by atoms with Crippen LogP contribution in [0.15, 0.2) is 18.2 Å². The summed E-state index contributed by atoms with van der Waals surface area (Å²) in [6.45, 7) is 17.1. The van der Waals surface area contributed by atoms with Crippen LogP contribution in [0.25, 0.3) is 0 Å². The van der Waals surface area contributed by atoms with Crippen LogP contribution in [-0.4, -0.2) is 45.1 Å². The number of hydrogen-bond donors (Lipinski definition) is 4. The van der Waals surface area contributed by atoms with Crippen molar-refractivity contribution in [2.45, 2.75) is 105 Å². The van der Waals surface area contributed by atoms with E-state index in [0.717, 1.165) is 11.1 Å². The van der Waals surface area contributed by atoms with E-state index in [4.69, 9.17) is 4.74 Å². The molecular formula is C27H45NO6. The second kappa shape index (κ2) is 11.9. The van der Waals surface area contributed by atoms with Crippen LogP contribution in [-0.2, 0) is 21.4 Å². The van der Waals surface area contributed by atoms with Gasteiger partial charge in [-0.15, -0.1) is 0 Å². The zero-order chi connectivity index (χ0) is 26.4. The van der Waals surface area contributed by atoms with E-state index < -0.39 is 35.7 Å². The molecule has 1 unspecified atom stereocenters. The predicted octanol–water partition coefficient (Wildman–Crippen LogP) is 5.26. The maximum Gasteiger partial charge on any atom is 0.407 e. The predicted molar refractivity (Wildman–Crippen MR) is 134 cm³/mol. The number of aliphatic carboxylic acids is 1. The molecule has 0 saturated carbocycles. The molecular weight excluding hydrogens is 434 g/mol. The highest BCUT2D eigenvalue weighted by Crippen LogP contribution is 2.33. The zero-order valence-electron chi connectivity index (χ0n) is 22.3. The molecule has 7 heteroatoms. The van der Waals surface area contributed by atoms with E-state index in [1.165, 1.54) is 6.92 Å². The zero-order valence-corrected chi connectivity index (χ0v) is 22.3. The van der Waals surface area contributed by atoms with Crippen molar-refractivity contribution in [2.24, 2.45) is 17.8 Å². The van der Waals surface area contributed by atoms with Gasteiger partial charge in [0.1, 0.15) is 11.4 Å². The standard InChI is InChI=1S/C27H45NO6/c1-16(2)19(13-18-10-11-20(22(29)14-18)26(4,5)6)15-21(23(30)12-17(3)24(31)32)28-25(33)34-27(7,8)9/h10-11,14,16-17,19,21,23,29-30H,12-13,15H2,1-9H3,(H,28,33)(H,31,32)/t17?,19-,21-,23-/m0/s1. The Kier molecular flexibility index (Phi) is 10.4. The topological polar surface area (TPSA) is 116 Å². The highest BCUT2D eigenvalue weighted by molar-refractivity contribution is 5.70. The van der Waals surface area contributed by atoms with Gasteiger partial charge in [-0.1, -0.05) is 53.7 Å². The van der Waals surface area contributed by atoms with E-state index in [0.29, 0.717) is 12.8 Å². The van der Waals surface area contributed by atoms with Gasteiger partial charge in [-0.3, -0.25) is 4.79 Å². The molecule has 0 heterocycles. The van der Waals surface area contributed by atoms with Crippen molar-refractivity contribution >= 4 is 12.1 Å². The molecule has 0 saturated heterocycles. The molecule has 0 spiro atoms. The number of rotatable bonds is 10. The number of nitrogens with one attached hydrogen (secondary N) is 1. The van der Waals surface area contributed by atoms with Gasteiger partial charge < -0.3 is 25.4 Å². The monoisotopic (exact) mass is 479 g/mol. The largest absolute Gasteiger partial charge is 0.508 e. The minimum Gasteiger partial charge on any atom is -0.508 e. The first-order valence-corrected chi connectivity index (χ1v) is 12.1. The van der Waals surface area contributed by atoms with Gasteiger partial charge in [0.05, 0.1) is 18.1 Å². The Hall–Kier alpha value is -2.28. The Morgan fingerprint density at radius 3 is 2.06 bits per heavy atom. The van der Waals surface area contributed by atoms with Gasteiger partial charge in [-0.05, 0) is 74.5 Å². The Bertz CT molecular complexity index is 821. The van der Waals surface area contributed by atoms with E-state index in [9.17, 15) is 24.9 Å². The number of aromatic hydroxyl groups is 1. The van der Waals surface area contributed by atoms with Crippen LogP contribution in [0.5, 0.6) is 5.75 Å².